The number of rotatable bonds is 20. The Morgan fingerprint density at radius 2 is 0.672 bits per heavy atom. The van der Waals surface area contributed by atoms with Crippen LogP contribution in [0.5, 0.6) is 40.2 Å². The lowest BCUT2D eigenvalue weighted by Gasteiger charge is -2.41. The number of nitrogens with two attached hydrogens (primary N) is 2. The first-order chi connectivity index (χ1) is 57.0. The van der Waals surface area contributed by atoms with Crippen LogP contribution >= 0.6 is 12.4 Å². The number of benzene rings is 7. The summed E-state index contributed by atoms with van der Waals surface area (Å²) in [5.74, 6) is 6.73. The summed E-state index contributed by atoms with van der Waals surface area (Å²) in [7, 11) is 19.9. The van der Waals surface area contributed by atoms with Crippen LogP contribution in [0.25, 0.3) is 10.4 Å². The number of epoxide rings is 1. The topological polar surface area (TPSA) is 241 Å². The predicted octanol–water partition coefficient (Wildman–Crippen LogP) is 19.0. The molecule has 7 aromatic carbocycles. The molecule has 0 aromatic heterocycles. The molecule has 0 bridgehead atoms. The number of hydrogen-bond donors (Lipinski definition) is 7. The molecule has 0 spiro atoms. The van der Waals surface area contributed by atoms with Gasteiger partial charge in [0, 0.05) is 43.2 Å². The van der Waals surface area contributed by atoms with Crippen molar-refractivity contribution in [2.24, 2.45) is 35.1 Å². The Bertz CT molecular complexity index is 4100. The summed E-state index contributed by atoms with van der Waals surface area (Å²) < 4.78 is 42.5. The van der Waals surface area contributed by atoms with E-state index in [1.807, 2.05) is 133 Å². The largest absolute Gasteiger partial charge is 0.497 e. The van der Waals surface area contributed by atoms with E-state index in [1.54, 1.807) is 49.8 Å². The number of halogens is 1. The van der Waals surface area contributed by atoms with Crippen molar-refractivity contribution >= 4 is 18.0 Å². The summed E-state index contributed by atoms with van der Waals surface area (Å²) in [6, 6.07) is 55.0. The van der Waals surface area contributed by atoms with Crippen molar-refractivity contribution in [3.63, 3.8) is 0 Å². The molecule has 0 unspecified atom stereocenters. The van der Waals surface area contributed by atoms with Crippen molar-refractivity contribution in [2.45, 2.75) is 226 Å². The maximum atomic E-state index is 11.2. The molecular formula is C100H142ClN5O13. The highest BCUT2D eigenvalue weighted by atomic mass is 35.5. The molecule has 1 saturated heterocycles. The van der Waals surface area contributed by atoms with Crippen molar-refractivity contribution in [1.29, 1.82) is 0 Å². The van der Waals surface area contributed by atoms with Crippen molar-refractivity contribution in [3.05, 3.63) is 226 Å². The Labute approximate surface area is 718 Å². The second kappa shape index (κ2) is 47.0. The molecule has 8 aliphatic rings. The van der Waals surface area contributed by atoms with Crippen LogP contribution < -0.4 is 44.6 Å². The van der Waals surface area contributed by atoms with Crippen LogP contribution in [0.2, 0.25) is 0 Å². The third-order valence-corrected chi connectivity index (χ3v) is 26.1. The van der Waals surface area contributed by atoms with Gasteiger partial charge in [0.05, 0.1) is 78.3 Å². The highest BCUT2D eigenvalue weighted by Crippen LogP contribution is 2.56. The first-order valence-corrected chi connectivity index (χ1v) is 43.5. The van der Waals surface area contributed by atoms with E-state index in [9.17, 15) is 25.5 Å². The number of methoxy groups -OCH3 is 7. The van der Waals surface area contributed by atoms with Gasteiger partial charge in [0.2, 0.25) is 0 Å². The fourth-order valence-corrected chi connectivity index (χ4v) is 19.2. The lowest BCUT2D eigenvalue weighted by molar-refractivity contribution is -0.0621. The van der Waals surface area contributed by atoms with Crippen molar-refractivity contribution in [3.8, 4) is 40.2 Å². The normalized spacial score (nSPS) is 27.2. The van der Waals surface area contributed by atoms with E-state index < -0.39 is 28.0 Å². The van der Waals surface area contributed by atoms with Gasteiger partial charge in [-0.05, 0) is 280 Å². The van der Waals surface area contributed by atoms with Gasteiger partial charge < -0.3 is 89.5 Å². The highest BCUT2D eigenvalue weighted by molar-refractivity contribution is 5.85. The van der Waals surface area contributed by atoms with E-state index in [4.69, 9.17) is 55.9 Å². The van der Waals surface area contributed by atoms with Gasteiger partial charge in [0.1, 0.15) is 45.8 Å². The molecular weight excluding hydrogens is 1510 g/mol. The zero-order valence-corrected chi connectivity index (χ0v) is 74.1. The van der Waals surface area contributed by atoms with Gasteiger partial charge >= 0.3 is 0 Å². The number of aliphatic hydroxyl groups is 5. The van der Waals surface area contributed by atoms with Gasteiger partial charge in [-0.2, -0.15) is 0 Å². The first kappa shape index (κ1) is 96.7. The summed E-state index contributed by atoms with van der Waals surface area (Å²) in [6.45, 7) is 10.2. The molecule has 9 N–H and O–H groups in total. The summed E-state index contributed by atoms with van der Waals surface area (Å²) in [4.78, 5) is 7.93. The lowest BCUT2D eigenvalue weighted by Crippen LogP contribution is -2.43. The van der Waals surface area contributed by atoms with E-state index >= 15 is 0 Å². The number of hydrogen-bond acceptors (Lipinski definition) is 17. The molecule has 7 aromatic rings. The Hall–Kier alpha value is -7.74. The standard InChI is InChI=1S/2C16H25NO2.C14H17NO2.2C14H21NO2.C13H16O2.C13H16O.ClH/c2*1-17(2)12-14-7-4-5-10-16(14,18)13-8-6-9-15(11-13)19-3;1-15-13-8-3-4-9-14(13,16)11-6-5-7-12(10-11)17-2;2*1-17-13-7-4-6-11(9-13)14(16)8-3-2-5-12(14)10-15;1-14-11-6-4-5-10(9-11)13-8-3-2-7-12(13)15-13;1-14-13-9-5-8-12(10-13)11-6-3-2-4-7-11;/h2*6,8-9,11,14,18H,4-5,7,10,12H2,1-3H3;5-7,10,13,16H,3-4,8-9H2,2H3;2*4,6-7,9,12,16H,2-3,5,8,10,15H2,1H3;4-6,9,12H,2-3,7-8H2,1H3;5-6,8-10H,2-4,7H2,1H3;1H/t2*14-,16-;13-,14+;2*12-,14-;12-,13-;;/m000101../s1. The number of fused-ring (bicyclic) bond motifs is 1. The van der Waals surface area contributed by atoms with Gasteiger partial charge in [-0.3, -0.25) is 0 Å². The Morgan fingerprint density at radius 3 is 1.01 bits per heavy atom. The van der Waals surface area contributed by atoms with Crippen LogP contribution in [0, 0.1) is 30.2 Å². The summed E-state index contributed by atoms with van der Waals surface area (Å²) >= 11 is 0. The summed E-state index contributed by atoms with van der Waals surface area (Å²) in [5, 5.41) is 54.9. The molecule has 7 aliphatic carbocycles. The Balaban J connectivity index is 0.000000173. The number of allylic oxidation sites excluding steroid dienone is 2. The molecule has 0 radical (unpaired) electrons. The molecule has 6 saturated carbocycles. The van der Waals surface area contributed by atoms with Crippen LogP contribution in [0.4, 0.5) is 0 Å². The average Bonchev–Trinajstić information content (AvgIpc) is 1.57. The van der Waals surface area contributed by atoms with Gasteiger partial charge in [0.25, 0.3) is 6.04 Å². The van der Waals surface area contributed by atoms with E-state index in [1.165, 1.54) is 80.9 Å². The molecule has 12 atom stereocenters. The SMILES string of the molecule is COc1cccc(C2=CCCCC2)c1.COc1cccc([C@@]2(O)CCCC[C@H]2CN(C)C)c1.COc1cccc([C@@]2(O)CCCC[C@H]2CN(C)C)c1.COc1cccc([C@@]2(O)CCCC[C@H]2CN)c1.COc1cccc([C@]2(O)CCCC[C@@H]2CN)c1.COc1cccc([C@]23CCCC[C@H]2O3)c1.Cl.[C-]#[N+][C@H]1CCCC[C@@]1(O)c1cccc(OC)c1. The fourth-order valence-electron chi connectivity index (χ4n) is 19.2. The Morgan fingerprint density at radius 1 is 0.370 bits per heavy atom. The third-order valence-electron chi connectivity index (χ3n) is 26.1. The molecule has 119 heavy (non-hydrogen) atoms. The second-order valence-corrected chi connectivity index (χ2v) is 34.1. The molecule has 19 heteroatoms. The van der Waals surface area contributed by atoms with Crippen molar-refractivity contribution in [1.82, 2.24) is 9.80 Å². The quantitative estimate of drug-likeness (QED) is 0.0277. The highest BCUT2D eigenvalue weighted by Gasteiger charge is 2.58. The van der Waals surface area contributed by atoms with E-state index in [0.29, 0.717) is 37.5 Å². The maximum Gasteiger partial charge on any atom is 0.256 e. The minimum Gasteiger partial charge on any atom is -0.497 e. The van der Waals surface area contributed by atoms with Gasteiger partial charge in [0.15, 0.2) is 5.60 Å². The van der Waals surface area contributed by atoms with E-state index in [2.05, 4.69) is 85.3 Å². The van der Waals surface area contributed by atoms with Crippen LogP contribution in [-0.2, 0) is 38.3 Å². The predicted molar refractivity (Wildman–Crippen MR) is 481 cm³/mol. The minimum absolute atomic E-state index is 0. The zero-order chi connectivity index (χ0) is 84.8. The van der Waals surface area contributed by atoms with Crippen molar-refractivity contribution < 1.29 is 63.4 Å². The van der Waals surface area contributed by atoms with Gasteiger partial charge in [-0.15, -0.1) is 12.4 Å². The molecule has 18 nitrogen and oxygen atoms in total. The van der Waals surface area contributed by atoms with Crippen LogP contribution in [0.1, 0.15) is 219 Å². The molecule has 0 amide bonds. The molecule has 1 heterocycles. The minimum atomic E-state index is -1.01. The summed E-state index contributed by atoms with van der Waals surface area (Å²) in [6.07, 6.45) is 32.9. The van der Waals surface area contributed by atoms with E-state index in [0.717, 1.165) is 190 Å². The molecule has 1 aliphatic heterocycles. The third kappa shape index (κ3) is 25.5. The molecule has 652 valence electrons. The zero-order valence-electron chi connectivity index (χ0n) is 73.2. The lowest BCUT2D eigenvalue weighted by atomic mass is 9.71. The van der Waals surface area contributed by atoms with E-state index in [-0.39, 0.29) is 35.9 Å². The van der Waals surface area contributed by atoms with Crippen LogP contribution in [0.15, 0.2) is 176 Å². The fraction of sp³-hybridized carbons (Fsp3) is 0.550. The smallest absolute Gasteiger partial charge is 0.256 e. The first-order valence-electron chi connectivity index (χ1n) is 43.5. The number of ether oxygens (including phenoxy) is 8. The monoisotopic (exact) mass is 1660 g/mol. The van der Waals surface area contributed by atoms with Crippen molar-refractivity contribution in [2.75, 3.05) is 104 Å². The Kier molecular flexibility index (Phi) is 38.2. The van der Waals surface area contributed by atoms with Crippen LogP contribution in [0.3, 0.4) is 0 Å². The second-order valence-electron chi connectivity index (χ2n) is 34.1. The van der Waals surface area contributed by atoms with Gasteiger partial charge in [-0.25, -0.2) is 6.57 Å². The summed E-state index contributed by atoms with van der Waals surface area (Å²) in [5.41, 5.74) is 16.4. The van der Waals surface area contributed by atoms with Gasteiger partial charge in [-0.1, -0.05) is 155 Å². The molecule has 7 fully saturated rings. The van der Waals surface area contributed by atoms with Crippen LogP contribution in [-0.4, -0.2) is 152 Å². The maximum absolute atomic E-state index is 11.2. The molecule has 15 rings (SSSR count). The average molecular weight is 1660 g/mol. The number of nitrogens with zero attached hydrogens (tertiary/aromatic N) is 3.